The summed E-state index contributed by atoms with van der Waals surface area (Å²) < 4.78 is 6.91. The number of carbonyl (C=O) groups is 1. The zero-order valence-corrected chi connectivity index (χ0v) is 11.7. The van der Waals surface area contributed by atoms with Gasteiger partial charge < -0.3 is 9.73 Å². The Bertz CT molecular complexity index is 547. The maximum atomic E-state index is 11.9. The molecule has 1 atom stereocenters. The number of amides is 1. The van der Waals surface area contributed by atoms with E-state index in [2.05, 4.69) is 25.7 Å². The lowest BCUT2D eigenvalue weighted by Gasteiger charge is -2.25. The second-order valence-electron chi connectivity index (χ2n) is 5.09. The average Bonchev–Trinajstić information content (AvgIpc) is 3.23. The van der Waals surface area contributed by atoms with Crippen molar-refractivity contribution in [2.75, 3.05) is 19.6 Å². The van der Waals surface area contributed by atoms with Crippen molar-refractivity contribution in [2.45, 2.75) is 25.4 Å². The van der Waals surface area contributed by atoms with Crippen molar-refractivity contribution < 1.29 is 9.21 Å². The molecule has 1 fully saturated rings. The van der Waals surface area contributed by atoms with Gasteiger partial charge in [0.25, 0.3) is 0 Å². The molecule has 1 amide bonds. The second-order valence-corrected chi connectivity index (χ2v) is 5.09. The molecule has 21 heavy (non-hydrogen) atoms. The van der Waals surface area contributed by atoms with Gasteiger partial charge in [-0.2, -0.15) is 0 Å². The predicted molar refractivity (Wildman–Crippen MR) is 73.1 cm³/mol. The van der Waals surface area contributed by atoms with Crippen molar-refractivity contribution in [2.24, 2.45) is 0 Å². The summed E-state index contributed by atoms with van der Waals surface area (Å²) in [6.45, 7) is 2.72. The fourth-order valence-electron chi connectivity index (χ4n) is 2.61. The van der Waals surface area contributed by atoms with Crippen molar-refractivity contribution in [1.29, 1.82) is 0 Å². The number of hydrogen-bond donors (Lipinski definition) is 1. The number of nitrogens with zero attached hydrogens (tertiary/aromatic N) is 5. The monoisotopic (exact) mass is 290 g/mol. The van der Waals surface area contributed by atoms with Gasteiger partial charge in [-0.3, -0.25) is 9.69 Å². The molecular formula is C13H18N6O2. The van der Waals surface area contributed by atoms with Crippen LogP contribution in [0, 0.1) is 0 Å². The summed E-state index contributed by atoms with van der Waals surface area (Å²) in [7, 11) is 0. The summed E-state index contributed by atoms with van der Waals surface area (Å²) in [6.07, 6.45) is 5.47. The molecule has 0 bridgehead atoms. The zero-order chi connectivity index (χ0) is 14.5. The first-order valence-electron chi connectivity index (χ1n) is 7.08. The number of aromatic nitrogens is 4. The molecule has 3 rings (SSSR count). The fraction of sp³-hybridized carbons (Fsp3) is 0.538. The molecule has 3 heterocycles. The van der Waals surface area contributed by atoms with Gasteiger partial charge in [0.2, 0.25) is 5.91 Å². The Morgan fingerprint density at radius 2 is 2.29 bits per heavy atom. The first-order chi connectivity index (χ1) is 10.3. The Kier molecular flexibility index (Phi) is 4.25. The van der Waals surface area contributed by atoms with Gasteiger partial charge in [0.15, 0.2) is 0 Å². The van der Waals surface area contributed by atoms with Crippen molar-refractivity contribution in [1.82, 2.24) is 30.4 Å². The number of nitrogens with one attached hydrogen (secondary N) is 1. The maximum Gasteiger partial charge on any atom is 0.241 e. The molecule has 0 unspecified atom stereocenters. The van der Waals surface area contributed by atoms with E-state index in [0.717, 1.165) is 18.8 Å². The summed E-state index contributed by atoms with van der Waals surface area (Å²) in [5.41, 5.74) is 0. The molecule has 0 radical (unpaired) electrons. The van der Waals surface area contributed by atoms with Crippen LogP contribution in [0.2, 0.25) is 0 Å². The summed E-state index contributed by atoms with van der Waals surface area (Å²) in [5, 5.41) is 13.6. The lowest BCUT2D eigenvalue weighted by atomic mass is 10.2. The third-order valence-electron chi connectivity index (χ3n) is 3.64. The van der Waals surface area contributed by atoms with E-state index in [-0.39, 0.29) is 18.5 Å². The van der Waals surface area contributed by atoms with Crippen LogP contribution < -0.4 is 5.32 Å². The molecule has 112 valence electrons. The van der Waals surface area contributed by atoms with Crippen molar-refractivity contribution in [3.05, 3.63) is 30.5 Å². The SMILES string of the molecule is O=C(Cn1cnnn1)NC[C@H](c1ccco1)N1CCCC1. The molecule has 8 heteroatoms. The second kappa shape index (κ2) is 6.49. The number of hydrogen-bond acceptors (Lipinski definition) is 6. The molecule has 1 saturated heterocycles. The van der Waals surface area contributed by atoms with E-state index >= 15 is 0 Å². The molecule has 0 saturated carbocycles. The average molecular weight is 290 g/mol. The van der Waals surface area contributed by atoms with Gasteiger partial charge in [-0.05, 0) is 48.5 Å². The van der Waals surface area contributed by atoms with Crippen LogP contribution in [-0.2, 0) is 11.3 Å². The minimum Gasteiger partial charge on any atom is -0.468 e. The Hall–Kier alpha value is -2.22. The molecule has 0 aliphatic carbocycles. The van der Waals surface area contributed by atoms with Crippen LogP contribution >= 0.6 is 0 Å². The number of tetrazole rings is 1. The molecular weight excluding hydrogens is 272 g/mol. The highest BCUT2D eigenvalue weighted by Crippen LogP contribution is 2.24. The lowest BCUT2D eigenvalue weighted by Crippen LogP contribution is -2.38. The molecule has 1 aliphatic rings. The van der Waals surface area contributed by atoms with Gasteiger partial charge in [-0.25, -0.2) is 4.68 Å². The largest absolute Gasteiger partial charge is 0.468 e. The molecule has 2 aromatic rings. The lowest BCUT2D eigenvalue weighted by molar-refractivity contribution is -0.122. The molecule has 1 aliphatic heterocycles. The highest BCUT2D eigenvalue weighted by Gasteiger charge is 2.25. The summed E-state index contributed by atoms with van der Waals surface area (Å²) in [4.78, 5) is 14.3. The quantitative estimate of drug-likeness (QED) is 0.818. The standard InChI is InChI=1S/C13H18N6O2/c20-13(9-19-10-15-16-17-19)14-8-11(12-4-3-7-21-12)18-5-1-2-6-18/h3-4,7,10-11H,1-2,5-6,8-9H2,(H,14,20)/t11-/m1/s1. The normalized spacial score (nSPS) is 17.0. The van der Waals surface area contributed by atoms with E-state index in [1.54, 1.807) is 6.26 Å². The van der Waals surface area contributed by atoms with E-state index < -0.39 is 0 Å². The van der Waals surface area contributed by atoms with Crippen LogP contribution in [0.1, 0.15) is 24.6 Å². The van der Waals surface area contributed by atoms with E-state index in [4.69, 9.17) is 4.42 Å². The van der Waals surface area contributed by atoms with Gasteiger partial charge in [-0.1, -0.05) is 0 Å². The topological polar surface area (TPSA) is 89.1 Å². The molecule has 0 aromatic carbocycles. The predicted octanol–water partition coefficient (Wildman–Crippen LogP) is 0.219. The van der Waals surface area contributed by atoms with E-state index in [9.17, 15) is 4.79 Å². The minimum absolute atomic E-state index is 0.0836. The summed E-state index contributed by atoms with van der Waals surface area (Å²) in [5.74, 6) is 0.776. The van der Waals surface area contributed by atoms with Gasteiger partial charge in [0, 0.05) is 6.54 Å². The molecule has 1 N–H and O–H groups in total. The van der Waals surface area contributed by atoms with Crippen LogP contribution in [0.15, 0.2) is 29.1 Å². The molecule has 2 aromatic heterocycles. The number of likely N-dealkylation sites (tertiary alicyclic amines) is 1. The van der Waals surface area contributed by atoms with Gasteiger partial charge in [0.05, 0.1) is 12.3 Å². The first kappa shape index (κ1) is 13.7. The van der Waals surface area contributed by atoms with Crippen LogP contribution in [0.4, 0.5) is 0 Å². The third kappa shape index (κ3) is 3.46. The van der Waals surface area contributed by atoms with Crippen LogP contribution in [0.3, 0.4) is 0 Å². The summed E-state index contributed by atoms with van der Waals surface area (Å²) >= 11 is 0. The van der Waals surface area contributed by atoms with Crippen LogP contribution in [-0.4, -0.2) is 50.6 Å². The molecule has 0 spiro atoms. The Labute approximate surface area is 122 Å². The van der Waals surface area contributed by atoms with Crippen molar-refractivity contribution in [3.63, 3.8) is 0 Å². The van der Waals surface area contributed by atoms with Crippen LogP contribution in [0.25, 0.3) is 0 Å². The number of furan rings is 1. The minimum atomic E-state index is -0.113. The number of carbonyl (C=O) groups excluding carboxylic acids is 1. The van der Waals surface area contributed by atoms with Crippen LogP contribution in [0.5, 0.6) is 0 Å². The Balaban J connectivity index is 1.58. The Morgan fingerprint density at radius 3 is 2.95 bits per heavy atom. The van der Waals surface area contributed by atoms with E-state index in [1.807, 2.05) is 12.1 Å². The maximum absolute atomic E-state index is 11.9. The van der Waals surface area contributed by atoms with Crippen molar-refractivity contribution >= 4 is 5.91 Å². The van der Waals surface area contributed by atoms with Crippen molar-refractivity contribution in [3.8, 4) is 0 Å². The Morgan fingerprint density at radius 1 is 1.43 bits per heavy atom. The third-order valence-corrected chi connectivity index (χ3v) is 3.64. The smallest absolute Gasteiger partial charge is 0.241 e. The molecule has 8 nitrogen and oxygen atoms in total. The number of rotatable bonds is 6. The first-order valence-corrected chi connectivity index (χ1v) is 7.08. The fourth-order valence-corrected chi connectivity index (χ4v) is 2.61. The summed E-state index contributed by atoms with van der Waals surface area (Å²) in [6, 6.07) is 3.91. The zero-order valence-electron chi connectivity index (χ0n) is 11.7. The van der Waals surface area contributed by atoms with E-state index in [1.165, 1.54) is 23.9 Å². The highest BCUT2D eigenvalue weighted by molar-refractivity contribution is 5.75. The highest BCUT2D eigenvalue weighted by atomic mass is 16.3. The van der Waals surface area contributed by atoms with Gasteiger partial charge in [0.1, 0.15) is 18.6 Å². The van der Waals surface area contributed by atoms with Gasteiger partial charge >= 0.3 is 0 Å². The van der Waals surface area contributed by atoms with Gasteiger partial charge in [-0.15, -0.1) is 5.10 Å². The van der Waals surface area contributed by atoms with E-state index in [0.29, 0.717) is 6.54 Å².